The molecule has 3 heterocycles. The predicted octanol–water partition coefficient (Wildman–Crippen LogP) is 4.52. The van der Waals surface area contributed by atoms with E-state index in [0.29, 0.717) is 28.3 Å². The molecule has 0 saturated carbocycles. The number of amides is 1. The van der Waals surface area contributed by atoms with E-state index in [-0.39, 0.29) is 18.1 Å². The second-order valence-electron chi connectivity index (χ2n) is 7.87. The van der Waals surface area contributed by atoms with Gasteiger partial charge in [0.15, 0.2) is 11.5 Å². The van der Waals surface area contributed by atoms with Crippen LogP contribution >= 0.6 is 0 Å². The molecule has 0 spiro atoms. The van der Waals surface area contributed by atoms with Crippen LogP contribution in [-0.2, 0) is 9.59 Å². The van der Waals surface area contributed by atoms with E-state index in [1.54, 1.807) is 24.4 Å². The van der Waals surface area contributed by atoms with Crippen molar-refractivity contribution in [3.8, 4) is 11.5 Å². The molecule has 6 rings (SSSR count). The predicted molar refractivity (Wildman–Crippen MR) is 122 cm³/mol. The number of hydrogen-bond donors (Lipinski definition) is 2. The highest BCUT2D eigenvalue weighted by Gasteiger charge is 2.47. The molecular weight excluding hydrogens is 420 g/mol. The average Bonchev–Trinajstić information content (AvgIpc) is 3.55. The first-order valence-corrected chi connectivity index (χ1v) is 10.5. The number of hydrogen-bond acceptors (Lipinski definition) is 5. The summed E-state index contributed by atoms with van der Waals surface area (Å²) in [4.78, 5) is 31.1. The molecule has 0 bridgehead atoms. The Balaban J connectivity index is 1.57. The summed E-state index contributed by atoms with van der Waals surface area (Å²) in [6.07, 6.45) is 1.65. The molecule has 1 atom stereocenters. The summed E-state index contributed by atoms with van der Waals surface area (Å²) >= 11 is 0. The number of aromatic amines is 1. The molecule has 1 saturated heterocycles. The lowest BCUT2D eigenvalue weighted by atomic mass is 9.95. The fraction of sp³-hybridized carbons (Fsp3) is 0.0769. The standard InChI is InChI=1S/C26H18N2O5/c29-24(18-13-27-19-9-5-4-8-17(18)19)22-23(15-6-2-1-3-7-15)28(26(31)25(22)30)16-10-11-20-21(12-16)33-14-32-20/h1-13,23,27,29H,14H2/b24-22-. The first-order chi connectivity index (χ1) is 16.1. The number of ketones is 1. The number of aromatic nitrogens is 1. The van der Waals surface area contributed by atoms with E-state index in [1.807, 2.05) is 54.6 Å². The molecular formula is C26H18N2O5. The molecule has 0 radical (unpaired) electrons. The van der Waals surface area contributed by atoms with Crippen LogP contribution in [0.3, 0.4) is 0 Å². The SMILES string of the molecule is O=C1C(=O)N(c2ccc3c(c2)OCO3)C(c2ccccc2)/C1=C(/O)c1c[nH]c2ccccc12. The summed E-state index contributed by atoms with van der Waals surface area (Å²) < 4.78 is 10.9. The molecule has 2 aliphatic heterocycles. The van der Waals surface area contributed by atoms with Crippen molar-refractivity contribution in [1.29, 1.82) is 0 Å². The maximum absolute atomic E-state index is 13.3. The fourth-order valence-corrected chi connectivity index (χ4v) is 4.50. The topological polar surface area (TPSA) is 91.9 Å². The lowest BCUT2D eigenvalue weighted by Gasteiger charge is -2.25. The van der Waals surface area contributed by atoms with Crippen molar-refractivity contribution in [2.45, 2.75) is 6.04 Å². The first kappa shape index (κ1) is 19.2. The molecule has 2 N–H and O–H groups in total. The number of anilines is 1. The molecule has 1 unspecified atom stereocenters. The molecule has 4 aromatic rings. The van der Waals surface area contributed by atoms with Gasteiger partial charge in [0.25, 0.3) is 11.7 Å². The zero-order valence-corrected chi connectivity index (χ0v) is 17.3. The van der Waals surface area contributed by atoms with Crippen LogP contribution in [0.15, 0.2) is 84.6 Å². The van der Waals surface area contributed by atoms with Crippen LogP contribution < -0.4 is 14.4 Å². The van der Waals surface area contributed by atoms with E-state index in [4.69, 9.17) is 9.47 Å². The van der Waals surface area contributed by atoms with Gasteiger partial charge in [0.1, 0.15) is 5.76 Å². The number of rotatable bonds is 3. The van der Waals surface area contributed by atoms with Crippen LogP contribution in [0, 0.1) is 0 Å². The Morgan fingerprint density at radius 3 is 2.55 bits per heavy atom. The molecule has 1 fully saturated rings. The van der Waals surface area contributed by atoms with E-state index in [0.717, 1.165) is 10.9 Å². The summed E-state index contributed by atoms with van der Waals surface area (Å²) in [7, 11) is 0. The van der Waals surface area contributed by atoms with Gasteiger partial charge >= 0.3 is 0 Å². The van der Waals surface area contributed by atoms with Crippen molar-refractivity contribution in [3.05, 3.63) is 95.7 Å². The number of nitrogens with zero attached hydrogens (tertiary/aromatic N) is 1. The van der Waals surface area contributed by atoms with E-state index in [9.17, 15) is 14.7 Å². The van der Waals surface area contributed by atoms with Crippen LogP contribution in [0.5, 0.6) is 11.5 Å². The second kappa shape index (κ2) is 7.27. The highest BCUT2D eigenvalue weighted by Crippen LogP contribution is 2.45. The van der Waals surface area contributed by atoms with Gasteiger partial charge < -0.3 is 19.6 Å². The second-order valence-corrected chi connectivity index (χ2v) is 7.87. The number of aliphatic hydroxyl groups excluding tert-OH is 1. The number of aliphatic hydroxyl groups is 1. The molecule has 33 heavy (non-hydrogen) atoms. The highest BCUT2D eigenvalue weighted by atomic mass is 16.7. The largest absolute Gasteiger partial charge is 0.507 e. The molecule has 1 amide bonds. The first-order valence-electron chi connectivity index (χ1n) is 10.5. The summed E-state index contributed by atoms with van der Waals surface area (Å²) in [6.45, 7) is 0.0975. The Kier molecular flexibility index (Phi) is 4.23. The Bertz CT molecular complexity index is 1450. The van der Waals surface area contributed by atoms with Crippen molar-refractivity contribution in [2.24, 2.45) is 0 Å². The molecule has 2 aliphatic rings. The van der Waals surface area contributed by atoms with Gasteiger partial charge in [0.05, 0.1) is 11.6 Å². The number of carbonyl (C=O) groups excluding carboxylic acids is 2. The lowest BCUT2D eigenvalue weighted by molar-refractivity contribution is -0.132. The van der Waals surface area contributed by atoms with E-state index in [1.165, 1.54) is 4.90 Å². The number of Topliss-reactive ketones (excluding diaryl/α,β-unsaturated/α-hetero) is 1. The lowest BCUT2D eigenvalue weighted by Crippen LogP contribution is -2.29. The monoisotopic (exact) mass is 438 g/mol. The van der Waals surface area contributed by atoms with Gasteiger partial charge in [-0.25, -0.2) is 0 Å². The summed E-state index contributed by atoms with van der Waals surface area (Å²) in [5.41, 5.74) is 2.51. The van der Waals surface area contributed by atoms with Crippen LogP contribution in [0.4, 0.5) is 5.69 Å². The molecule has 1 aromatic heterocycles. The molecule has 0 aliphatic carbocycles. The number of nitrogens with one attached hydrogen (secondary N) is 1. The third-order valence-corrected chi connectivity index (χ3v) is 6.04. The van der Waals surface area contributed by atoms with Crippen LogP contribution in [0.1, 0.15) is 17.2 Å². The Labute approximate surface area is 188 Å². The van der Waals surface area contributed by atoms with Crippen molar-refractivity contribution in [1.82, 2.24) is 4.98 Å². The fourth-order valence-electron chi connectivity index (χ4n) is 4.50. The zero-order chi connectivity index (χ0) is 22.5. The number of fused-ring (bicyclic) bond motifs is 2. The number of para-hydroxylation sites is 1. The third-order valence-electron chi connectivity index (χ3n) is 6.04. The van der Waals surface area contributed by atoms with Crippen LogP contribution in [0.2, 0.25) is 0 Å². The Hall–Kier alpha value is -4.52. The van der Waals surface area contributed by atoms with Gasteiger partial charge in [-0.05, 0) is 23.8 Å². The van der Waals surface area contributed by atoms with Crippen molar-refractivity contribution in [2.75, 3.05) is 11.7 Å². The van der Waals surface area contributed by atoms with Gasteiger partial charge in [0.2, 0.25) is 6.79 Å². The van der Waals surface area contributed by atoms with E-state index >= 15 is 0 Å². The van der Waals surface area contributed by atoms with E-state index in [2.05, 4.69) is 4.98 Å². The number of H-pyrrole nitrogens is 1. The van der Waals surface area contributed by atoms with Crippen LogP contribution in [0.25, 0.3) is 16.7 Å². The Morgan fingerprint density at radius 1 is 0.939 bits per heavy atom. The zero-order valence-electron chi connectivity index (χ0n) is 17.3. The molecule has 3 aromatic carbocycles. The van der Waals surface area contributed by atoms with Gasteiger partial charge in [-0.3, -0.25) is 14.5 Å². The minimum absolute atomic E-state index is 0.0358. The van der Waals surface area contributed by atoms with Gasteiger partial charge in [-0.15, -0.1) is 0 Å². The molecule has 7 heteroatoms. The Morgan fingerprint density at radius 2 is 1.70 bits per heavy atom. The molecule has 162 valence electrons. The molecule has 7 nitrogen and oxygen atoms in total. The third kappa shape index (κ3) is 2.90. The maximum atomic E-state index is 13.3. The van der Waals surface area contributed by atoms with Crippen molar-refractivity contribution in [3.63, 3.8) is 0 Å². The maximum Gasteiger partial charge on any atom is 0.300 e. The van der Waals surface area contributed by atoms with E-state index < -0.39 is 17.7 Å². The van der Waals surface area contributed by atoms with Gasteiger partial charge in [0, 0.05) is 34.4 Å². The summed E-state index contributed by atoms with van der Waals surface area (Å²) in [5.74, 6) is -0.612. The smallest absolute Gasteiger partial charge is 0.300 e. The normalized spacial score (nSPS) is 18.9. The van der Waals surface area contributed by atoms with Gasteiger partial charge in [-0.1, -0.05) is 48.5 Å². The van der Waals surface area contributed by atoms with Crippen molar-refractivity contribution < 1.29 is 24.2 Å². The highest BCUT2D eigenvalue weighted by molar-refractivity contribution is 6.51. The quantitative estimate of drug-likeness (QED) is 0.279. The number of benzene rings is 3. The minimum atomic E-state index is -0.805. The average molecular weight is 438 g/mol. The van der Waals surface area contributed by atoms with Crippen molar-refractivity contribution >= 4 is 34.0 Å². The number of carbonyl (C=O) groups is 2. The summed E-state index contributed by atoms with van der Waals surface area (Å²) in [5, 5.41) is 12.1. The van der Waals surface area contributed by atoms with Gasteiger partial charge in [-0.2, -0.15) is 0 Å². The minimum Gasteiger partial charge on any atom is -0.507 e. The summed E-state index contributed by atoms with van der Waals surface area (Å²) in [6, 6.07) is 20.9. The number of ether oxygens (including phenoxy) is 2. The van der Waals surface area contributed by atoms with Crippen LogP contribution in [-0.4, -0.2) is 28.6 Å².